The van der Waals surface area contributed by atoms with E-state index in [-0.39, 0.29) is 5.82 Å². The van der Waals surface area contributed by atoms with E-state index in [1.54, 1.807) is 6.07 Å². The zero-order valence-electron chi connectivity index (χ0n) is 10.4. The predicted molar refractivity (Wildman–Crippen MR) is 62.9 cm³/mol. The number of hydrogen-bond donors (Lipinski definition) is 4. The van der Waals surface area contributed by atoms with Crippen LogP contribution in [-0.4, -0.2) is 48.3 Å². The summed E-state index contributed by atoms with van der Waals surface area (Å²) in [5, 5.41) is 39.7. The van der Waals surface area contributed by atoms with Crippen molar-refractivity contribution in [1.29, 1.82) is 5.26 Å². The first-order valence-electron chi connectivity index (χ1n) is 5.80. The highest BCUT2D eigenvalue weighted by Crippen LogP contribution is 2.61. The largest absolute Gasteiger partial charge is 0.387 e. The molecule has 0 radical (unpaired) electrons. The maximum Gasteiger partial charge on any atom is 0.352 e. The summed E-state index contributed by atoms with van der Waals surface area (Å²) in [6, 6.07) is 2.94. The molecule has 0 spiro atoms. The standard InChI is InChI=1S/C11H12N4O5/c1-9(18)10(4-12,20-7-6(16)11(7,9)19)15-3-2-5(13)14-8(15)17/h2-3,6-7,16,18-19H,1H3,(H2,13,14,17). The van der Waals surface area contributed by atoms with Gasteiger partial charge in [0.2, 0.25) is 0 Å². The van der Waals surface area contributed by atoms with Crippen LogP contribution < -0.4 is 11.4 Å². The molecule has 0 bridgehead atoms. The molecular weight excluding hydrogens is 268 g/mol. The Balaban J connectivity index is 2.21. The number of nitrogens with zero attached hydrogens (tertiary/aromatic N) is 3. The number of nitrogen functional groups attached to an aromatic ring is 1. The SMILES string of the molecule is CC1(O)C2(O)C(O)C2OC1(C#N)n1ccc(N)nc1=O. The summed E-state index contributed by atoms with van der Waals surface area (Å²) in [4.78, 5) is 15.3. The fourth-order valence-corrected chi connectivity index (χ4v) is 2.75. The van der Waals surface area contributed by atoms with Crippen LogP contribution in [0.3, 0.4) is 0 Å². The van der Waals surface area contributed by atoms with E-state index in [9.17, 15) is 25.4 Å². The van der Waals surface area contributed by atoms with Crippen molar-refractivity contribution in [2.24, 2.45) is 0 Å². The smallest absolute Gasteiger partial charge is 0.352 e. The topological polar surface area (TPSA) is 155 Å². The molecule has 1 aromatic rings. The second-order valence-electron chi connectivity index (χ2n) is 5.14. The molecule has 2 fully saturated rings. The molecule has 2 aliphatic rings. The Kier molecular flexibility index (Phi) is 2.19. The summed E-state index contributed by atoms with van der Waals surface area (Å²) < 4.78 is 6.03. The average Bonchev–Trinajstić information content (AvgIpc) is 2.83. The molecule has 0 aromatic carbocycles. The van der Waals surface area contributed by atoms with Crippen molar-refractivity contribution in [2.45, 2.75) is 36.1 Å². The highest BCUT2D eigenvalue weighted by Gasteiger charge is 2.87. The quantitative estimate of drug-likeness (QED) is 0.431. The fourth-order valence-electron chi connectivity index (χ4n) is 2.75. The molecule has 2 heterocycles. The van der Waals surface area contributed by atoms with Crippen molar-refractivity contribution < 1.29 is 20.1 Å². The summed E-state index contributed by atoms with van der Waals surface area (Å²) in [5.41, 5.74) is -1.96. The van der Waals surface area contributed by atoms with E-state index in [4.69, 9.17) is 10.5 Å². The molecule has 5 atom stereocenters. The van der Waals surface area contributed by atoms with Crippen LogP contribution in [-0.2, 0) is 10.5 Å². The number of aliphatic hydroxyl groups excluding tert-OH is 1. The summed E-state index contributed by atoms with van der Waals surface area (Å²) >= 11 is 0. The van der Waals surface area contributed by atoms with E-state index in [0.29, 0.717) is 0 Å². The van der Waals surface area contributed by atoms with E-state index in [0.717, 1.165) is 17.7 Å². The maximum atomic E-state index is 11.9. The number of aliphatic hydroxyl groups is 3. The van der Waals surface area contributed by atoms with Crippen LogP contribution in [0.1, 0.15) is 6.92 Å². The van der Waals surface area contributed by atoms with Crippen LogP contribution in [0.5, 0.6) is 0 Å². The van der Waals surface area contributed by atoms with Gasteiger partial charge in [-0.3, -0.25) is 4.57 Å². The lowest BCUT2D eigenvalue weighted by atomic mass is 9.86. The minimum Gasteiger partial charge on any atom is -0.387 e. The lowest BCUT2D eigenvalue weighted by molar-refractivity contribution is -0.200. The van der Waals surface area contributed by atoms with Gasteiger partial charge < -0.3 is 25.8 Å². The van der Waals surface area contributed by atoms with Gasteiger partial charge in [-0.05, 0) is 13.0 Å². The molecule has 1 aromatic heterocycles. The van der Waals surface area contributed by atoms with Crippen LogP contribution in [0.15, 0.2) is 17.1 Å². The Bertz CT molecular complexity index is 695. The van der Waals surface area contributed by atoms with Crippen molar-refractivity contribution in [3.63, 3.8) is 0 Å². The second kappa shape index (κ2) is 3.36. The summed E-state index contributed by atoms with van der Waals surface area (Å²) in [5.74, 6) is -0.0547. The number of aromatic nitrogens is 2. The molecule has 5 unspecified atom stereocenters. The van der Waals surface area contributed by atoms with Crippen molar-refractivity contribution in [1.82, 2.24) is 9.55 Å². The minimum atomic E-state index is -2.21. The van der Waals surface area contributed by atoms with Gasteiger partial charge in [-0.2, -0.15) is 10.2 Å². The summed E-state index contributed by atoms with van der Waals surface area (Å²) in [6.07, 6.45) is -1.33. The van der Waals surface area contributed by atoms with E-state index >= 15 is 0 Å². The van der Waals surface area contributed by atoms with E-state index < -0.39 is 34.8 Å². The second-order valence-corrected chi connectivity index (χ2v) is 5.14. The first-order chi connectivity index (χ1) is 9.22. The molecule has 1 saturated carbocycles. The minimum absolute atomic E-state index is 0.0547. The lowest BCUT2D eigenvalue weighted by Crippen LogP contribution is -2.62. The number of nitrogens with two attached hydrogens (primary N) is 1. The van der Waals surface area contributed by atoms with Crippen molar-refractivity contribution in [2.75, 3.05) is 5.73 Å². The van der Waals surface area contributed by atoms with Gasteiger partial charge >= 0.3 is 5.69 Å². The molecule has 1 saturated heterocycles. The van der Waals surface area contributed by atoms with E-state index in [1.807, 2.05) is 0 Å². The first kappa shape index (κ1) is 13.0. The van der Waals surface area contributed by atoms with E-state index in [1.165, 1.54) is 6.07 Å². The normalized spacial score (nSPS) is 45.8. The Morgan fingerprint density at radius 1 is 1.60 bits per heavy atom. The molecule has 1 aliphatic carbocycles. The van der Waals surface area contributed by atoms with Crippen molar-refractivity contribution in [3.05, 3.63) is 22.7 Å². The average molecular weight is 280 g/mol. The Morgan fingerprint density at radius 3 is 2.70 bits per heavy atom. The van der Waals surface area contributed by atoms with Gasteiger partial charge in [0.25, 0.3) is 5.72 Å². The monoisotopic (exact) mass is 280 g/mol. The molecule has 1 aliphatic heterocycles. The zero-order chi connectivity index (χ0) is 14.9. The van der Waals surface area contributed by atoms with Gasteiger partial charge in [0.1, 0.15) is 24.1 Å². The highest BCUT2D eigenvalue weighted by molar-refractivity contribution is 5.37. The van der Waals surface area contributed by atoms with Gasteiger partial charge in [0.05, 0.1) is 0 Å². The molecule has 9 heteroatoms. The molecule has 0 amide bonds. The van der Waals surface area contributed by atoms with Crippen LogP contribution in [0.25, 0.3) is 0 Å². The molecular formula is C11H12N4O5. The van der Waals surface area contributed by atoms with Gasteiger partial charge in [0.15, 0.2) is 11.2 Å². The number of ether oxygens (including phenoxy) is 1. The number of anilines is 1. The molecule has 106 valence electrons. The van der Waals surface area contributed by atoms with Crippen molar-refractivity contribution >= 4 is 5.82 Å². The van der Waals surface area contributed by atoms with Gasteiger partial charge in [-0.1, -0.05) is 0 Å². The molecule has 5 N–H and O–H groups in total. The zero-order valence-corrected chi connectivity index (χ0v) is 10.4. The first-order valence-corrected chi connectivity index (χ1v) is 5.80. The van der Waals surface area contributed by atoms with Gasteiger partial charge in [-0.15, -0.1) is 0 Å². The number of fused-ring (bicyclic) bond motifs is 1. The predicted octanol–water partition coefficient (Wildman–Crippen LogP) is -2.74. The summed E-state index contributed by atoms with van der Waals surface area (Å²) in [6.45, 7) is 1.12. The van der Waals surface area contributed by atoms with Crippen LogP contribution in [0, 0.1) is 11.3 Å². The number of nitriles is 1. The van der Waals surface area contributed by atoms with E-state index in [2.05, 4.69) is 4.98 Å². The molecule has 3 rings (SSSR count). The molecule has 20 heavy (non-hydrogen) atoms. The Hall–Kier alpha value is -1.99. The van der Waals surface area contributed by atoms with Crippen molar-refractivity contribution in [3.8, 4) is 6.07 Å². The Labute approximate surface area is 112 Å². The third-order valence-corrected chi connectivity index (χ3v) is 4.12. The lowest BCUT2D eigenvalue weighted by Gasteiger charge is -2.38. The summed E-state index contributed by atoms with van der Waals surface area (Å²) in [7, 11) is 0. The highest BCUT2D eigenvalue weighted by atomic mass is 16.6. The fraction of sp³-hybridized carbons (Fsp3) is 0.545. The van der Waals surface area contributed by atoms with Crippen LogP contribution >= 0.6 is 0 Å². The van der Waals surface area contributed by atoms with Crippen LogP contribution in [0.2, 0.25) is 0 Å². The number of hydrogen-bond acceptors (Lipinski definition) is 8. The van der Waals surface area contributed by atoms with Gasteiger partial charge in [-0.25, -0.2) is 4.79 Å². The molecule has 9 nitrogen and oxygen atoms in total. The van der Waals surface area contributed by atoms with Gasteiger partial charge in [0, 0.05) is 6.20 Å². The third-order valence-electron chi connectivity index (χ3n) is 4.12. The maximum absolute atomic E-state index is 11.9. The van der Waals surface area contributed by atoms with Crippen LogP contribution in [0.4, 0.5) is 5.82 Å². The number of rotatable bonds is 1. The third kappa shape index (κ3) is 1.11. The Morgan fingerprint density at radius 2 is 2.25 bits per heavy atom.